The Balaban J connectivity index is 2.25. The summed E-state index contributed by atoms with van der Waals surface area (Å²) in [4.78, 5) is 5.42. The van der Waals surface area contributed by atoms with Gasteiger partial charge >= 0.3 is 0 Å². The lowest BCUT2D eigenvalue weighted by Gasteiger charge is -2.35. The van der Waals surface area contributed by atoms with Gasteiger partial charge in [0.15, 0.2) is 6.23 Å². The van der Waals surface area contributed by atoms with Gasteiger partial charge in [0, 0.05) is 6.20 Å². The summed E-state index contributed by atoms with van der Waals surface area (Å²) in [7, 11) is 0. The van der Waals surface area contributed by atoms with Crippen molar-refractivity contribution in [2.45, 2.75) is 31.0 Å². The molecule has 2 rings (SSSR count). The molecule has 0 aromatic carbocycles. The van der Waals surface area contributed by atoms with Crippen LogP contribution in [0.1, 0.15) is 6.92 Å². The molecule has 7 nitrogen and oxygen atoms in total. The molecule has 0 aliphatic carbocycles. The summed E-state index contributed by atoms with van der Waals surface area (Å²) in [6, 6.07) is 0. The molecule has 100 valence electrons. The van der Waals surface area contributed by atoms with Crippen LogP contribution in [0.2, 0.25) is 0 Å². The van der Waals surface area contributed by atoms with E-state index in [1.807, 2.05) is 0 Å². The first-order chi connectivity index (χ1) is 8.37. The third-order valence-corrected chi connectivity index (χ3v) is 3.15. The van der Waals surface area contributed by atoms with E-state index in [0.717, 1.165) is 0 Å². The molecule has 5 N–H and O–H groups in total. The Labute approximate surface area is 104 Å². The summed E-state index contributed by atoms with van der Waals surface area (Å²) >= 11 is 0. The summed E-state index contributed by atoms with van der Waals surface area (Å²) in [5.41, 5.74) is 3.96. The van der Waals surface area contributed by atoms with Crippen LogP contribution < -0.4 is 5.73 Å². The molecule has 4 atom stereocenters. The van der Waals surface area contributed by atoms with Crippen LogP contribution in [0.4, 0.5) is 0 Å². The lowest BCUT2D eigenvalue weighted by molar-refractivity contribution is -0.110. The summed E-state index contributed by atoms with van der Waals surface area (Å²) in [5, 5.41) is 29.2. The number of ether oxygens (including phenoxy) is 1. The summed E-state index contributed by atoms with van der Waals surface area (Å²) in [5.74, 6) is 0.596. The normalized spacial score (nSPS) is 40.2. The lowest BCUT2D eigenvalue weighted by Crippen LogP contribution is -2.51. The Kier molecular flexibility index (Phi) is 3.16. The van der Waals surface area contributed by atoms with E-state index >= 15 is 0 Å². The Morgan fingerprint density at radius 1 is 1.67 bits per heavy atom. The molecule has 18 heavy (non-hydrogen) atoms. The van der Waals surface area contributed by atoms with Crippen LogP contribution in [0.15, 0.2) is 29.7 Å². The second kappa shape index (κ2) is 4.36. The zero-order valence-corrected chi connectivity index (χ0v) is 10.0. The SMILES string of the molecule is C=C1N=C(N)C=CN1[C@@H]1O[C@H](CO)[C@@H](O)[C@@]1(C)O. The predicted molar refractivity (Wildman–Crippen MR) is 64.1 cm³/mol. The summed E-state index contributed by atoms with van der Waals surface area (Å²) in [6.45, 7) is 4.75. The number of hydrogen-bond donors (Lipinski definition) is 4. The van der Waals surface area contributed by atoms with E-state index in [1.54, 1.807) is 6.20 Å². The van der Waals surface area contributed by atoms with Gasteiger partial charge in [-0.05, 0) is 13.0 Å². The van der Waals surface area contributed by atoms with Crippen LogP contribution in [0.3, 0.4) is 0 Å². The smallest absolute Gasteiger partial charge is 0.167 e. The molecular weight excluding hydrogens is 238 g/mol. The van der Waals surface area contributed by atoms with Gasteiger partial charge in [0.1, 0.15) is 29.5 Å². The van der Waals surface area contributed by atoms with Crippen molar-refractivity contribution in [2.75, 3.05) is 6.61 Å². The van der Waals surface area contributed by atoms with Gasteiger partial charge in [-0.1, -0.05) is 6.58 Å². The summed E-state index contributed by atoms with van der Waals surface area (Å²) in [6.07, 6.45) is 0.167. The highest BCUT2D eigenvalue weighted by Crippen LogP contribution is 2.35. The van der Waals surface area contributed by atoms with E-state index in [9.17, 15) is 10.2 Å². The van der Waals surface area contributed by atoms with Crippen LogP contribution in [0, 0.1) is 0 Å². The maximum Gasteiger partial charge on any atom is 0.167 e. The van der Waals surface area contributed by atoms with Crippen molar-refractivity contribution in [2.24, 2.45) is 10.7 Å². The molecule has 0 spiro atoms. The standard InChI is InChI=1S/C11H17N3O4/c1-6-13-8(12)3-4-14(6)10-11(2,17)9(16)7(5-15)18-10/h3-4,7,9-10,15-17H,1,5H2,2H3,(H2,12,13)/t7-,9-,10-,11-/m1/s1. The molecular formula is C11H17N3O4. The van der Waals surface area contributed by atoms with Gasteiger partial charge in [-0.3, -0.25) is 0 Å². The van der Waals surface area contributed by atoms with Crippen LogP contribution >= 0.6 is 0 Å². The number of aliphatic hydroxyl groups is 3. The molecule has 2 aliphatic heterocycles. The topological polar surface area (TPSA) is 112 Å². The lowest BCUT2D eigenvalue weighted by atomic mass is 9.96. The Morgan fingerprint density at radius 3 is 2.83 bits per heavy atom. The monoisotopic (exact) mass is 255 g/mol. The molecule has 0 amide bonds. The second-order valence-corrected chi connectivity index (χ2v) is 4.56. The molecule has 0 radical (unpaired) electrons. The average molecular weight is 255 g/mol. The van der Waals surface area contributed by atoms with Gasteiger partial charge in [0.05, 0.1) is 6.61 Å². The molecule has 0 aromatic heterocycles. The van der Waals surface area contributed by atoms with E-state index in [-0.39, 0.29) is 6.61 Å². The first-order valence-electron chi connectivity index (χ1n) is 5.54. The zero-order chi connectivity index (χ0) is 13.5. The summed E-state index contributed by atoms with van der Waals surface area (Å²) < 4.78 is 5.44. The minimum Gasteiger partial charge on any atom is -0.394 e. The van der Waals surface area contributed by atoms with E-state index in [1.165, 1.54) is 17.9 Å². The van der Waals surface area contributed by atoms with Crippen LogP contribution in [0.25, 0.3) is 0 Å². The third-order valence-electron chi connectivity index (χ3n) is 3.15. The van der Waals surface area contributed by atoms with Gasteiger partial charge in [-0.2, -0.15) is 0 Å². The van der Waals surface area contributed by atoms with Crippen molar-refractivity contribution in [3.8, 4) is 0 Å². The van der Waals surface area contributed by atoms with Crippen molar-refractivity contribution < 1.29 is 20.1 Å². The molecule has 2 aliphatic rings. The molecule has 1 saturated heterocycles. The van der Waals surface area contributed by atoms with Crippen molar-refractivity contribution in [3.63, 3.8) is 0 Å². The number of amidine groups is 1. The first-order valence-corrected chi connectivity index (χ1v) is 5.54. The maximum absolute atomic E-state index is 10.3. The van der Waals surface area contributed by atoms with E-state index < -0.39 is 24.0 Å². The zero-order valence-electron chi connectivity index (χ0n) is 10.0. The van der Waals surface area contributed by atoms with Gasteiger partial charge in [0.2, 0.25) is 0 Å². The highest BCUT2D eigenvalue weighted by Gasteiger charge is 2.54. The number of rotatable bonds is 2. The second-order valence-electron chi connectivity index (χ2n) is 4.56. The van der Waals surface area contributed by atoms with Gasteiger partial charge < -0.3 is 30.7 Å². The number of aliphatic hydroxyl groups excluding tert-OH is 2. The average Bonchev–Trinajstić information content (AvgIpc) is 2.52. The first kappa shape index (κ1) is 13.0. The molecule has 2 heterocycles. The van der Waals surface area contributed by atoms with E-state index in [0.29, 0.717) is 11.7 Å². The van der Waals surface area contributed by atoms with Gasteiger partial charge in [-0.25, -0.2) is 4.99 Å². The van der Waals surface area contributed by atoms with Gasteiger partial charge in [-0.15, -0.1) is 0 Å². The molecule has 0 bridgehead atoms. The number of aliphatic imine (C=N–C) groups is 1. The van der Waals surface area contributed by atoms with E-state index in [4.69, 9.17) is 15.6 Å². The van der Waals surface area contributed by atoms with Crippen molar-refractivity contribution in [1.29, 1.82) is 0 Å². The third kappa shape index (κ3) is 1.91. The fourth-order valence-corrected chi connectivity index (χ4v) is 2.09. The van der Waals surface area contributed by atoms with E-state index in [2.05, 4.69) is 11.6 Å². The number of nitrogens with two attached hydrogens (primary N) is 1. The molecule has 0 aromatic rings. The highest BCUT2D eigenvalue weighted by molar-refractivity contribution is 5.92. The van der Waals surface area contributed by atoms with Crippen molar-refractivity contribution in [1.82, 2.24) is 4.90 Å². The van der Waals surface area contributed by atoms with Crippen molar-refractivity contribution in [3.05, 3.63) is 24.7 Å². The Hall–Kier alpha value is -1.41. The number of hydrogen-bond acceptors (Lipinski definition) is 7. The van der Waals surface area contributed by atoms with Crippen LogP contribution in [0.5, 0.6) is 0 Å². The molecule has 1 fully saturated rings. The van der Waals surface area contributed by atoms with Gasteiger partial charge in [0.25, 0.3) is 0 Å². The number of nitrogens with zero attached hydrogens (tertiary/aromatic N) is 2. The Morgan fingerprint density at radius 2 is 2.33 bits per heavy atom. The quantitative estimate of drug-likeness (QED) is 0.476. The predicted octanol–water partition coefficient (Wildman–Crippen LogP) is -1.53. The minimum absolute atomic E-state index is 0.297. The highest BCUT2D eigenvalue weighted by atomic mass is 16.6. The molecule has 7 heteroatoms. The van der Waals surface area contributed by atoms with Crippen LogP contribution in [-0.2, 0) is 4.74 Å². The molecule has 0 saturated carbocycles. The maximum atomic E-state index is 10.3. The fourth-order valence-electron chi connectivity index (χ4n) is 2.09. The molecule has 0 unspecified atom stereocenters. The largest absolute Gasteiger partial charge is 0.394 e. The van der Waals surface area contributed by atoms with Crippen molar-refractivity contribution >= 4 is 5.84 Å². The fraction of sp³-hybridized carbons (Fsp3) is 0.545. The minimum atomic E-state index is -1.55. The Bertz CT molecular complexity index is 419. The van der Waals surface area contributed by atoms with Crippen LogP contribution in [-0.4, -0.2) is 56.7 Å².